The van der Waals surface area contributed by atoms with Gasteiger partial charge in [-0.3, -0.25) is 4.79 Å². The Balaban J connectivity index is 2.84. The number of ether oxygens (including phenoxy) is 1. The Morgan fingerprint density at radius 3 is 1.96 bits per heavy atom. The van der Waals surface area contributed by atoms with E-state index in [1.54, 1.807) is 0 Å². The Bertz CT molecular complexity index is 732. The SMILES string of the molecule is CC(C)(C)c1cc(CCC(=O)OCCCS(=O)(=O)[O-])cc(C(C)(C)C)c1O. The van der Waals surface area contributed by atoms with Crippen LogP contribution in [0.1, 0.15) is 71.1 Å². The molecule has 27 heavy (non-hydrogen) atoms. The Morgan fingerprint density at radius 2 is 1.56 bits per heavy atom. The molecule has 0 saturated heterocycles. The van der Waals surface area contributed by atoms with Gasteiger partial charge in [0.25, 0.3) is 0 Å². The molecular formula is C20H31O6S-. The third-order valence-corrected chi connectivity index (χ3v) is 4.99. The predicted molar refractivity (Wildman–Crippen MR) is 104 cm³/mol. The van der Waals surface area contributed by atoms with Crippen molar-refractivity contribution in [3.05, 3.63) is 28.8 Å². The van der Waals surface area contributed by atoms with Crippen LogP contribution in [0.4, 0.5) is 0 Å². The summed E-state index contributed by atoms with van der Waals surface area (Å²) in [5.74, 6) is -0.691. The van der Waals surface area contributed by atoms with Crippen molar-refractivity contribution in [2.45, 2.75) is 71.6 Å². The molecule has 0 spiro atoms. The molecule has 0 aliphatic heterocycles. The molecule has 0 aliphatic carbocycles. The largest absolute Gasteiger partial charge is 0.748 e. The summed E-state index contributed by atoms with van der Waals surface area (Å²) in [6.07, 6.45) is 0.590. The van der Waals surface area contributed by atoms with Crippen molar-refractivity contribution in [1.29, 1.82) is 0 Å². The van der Waals surface area contributed by atoms with E-state index in [2.05, 4.69) is 0 Å². The second-order valence-corrected chi connectivity index (χ2v) is 10.4. The summed E-state index contributed by atoms with van der Waals surface area (Å²) >= 11 is 0. The molecule has 6 nitrogen and oxygen atoms in total. The number of phenolic OH excluding ortho intramolecular Hbond substituents is 1. The molecule has 1 N–H and O–H groups in total. The Morgan fingerprint density at radius 1 is 1.07 bits per heavy atom. The maximum absolute atomic E-state index is 11.9. The van der Waals surface area contributed by atoms with E-state index in [0.29, 0.717) is 12.2 Å². The van der Waals surface area contributed by atoms with E-state index in [0.717, 1.165) is 16.7 Å². The molecule has 7 heteroatoms. The van der Waals surface area contributed by atoms with Gasteiger partial charge < -0.3 is 14.4 Å². The summed E-state index contributed by atoms with van der Waals surface area (Å²) in [5, 5.41) is 10.7. The first-order valence-corrected chi connectivity index (χ1v) is 10.6. The topological polar surface area (TPSA) is 104 Å². The number of phenols is 1. The molecule has 1 rings (SSSR count). The van der Waals surface area contributed by atoms with E-state index < -0.39 is 21.8 Å². The first kappa shape index (κ1) is 23.4. The lowest BCUT2D eigenvalue weighted by Crippen LogP contribution is -2.18. The smallest absolute Gasteiger partial charge is 0.306 e. The Labute approximate surface area is 162 Å². The lowest BCUT2D eigenvalue weighted by molar-refractivity contribution is -0.143. The molecule has 0 heterocycles. The van der Waals surface area contributed by atoms with Crippen LogP contribution in [0, 0.1) is 0 Å². The minimum atomic E-state index is -4.28. The van der Waals surface area contributed by atoms with Gasteiger partial charge in [-0.1, -0.05) is 53.7 Å². The van der Waals surface area contributed by atoms with Crippen LogP contribution >= 0.6 is 0 Å². The number of esters is 1. The lowest BCUT2D eigenvalue weighted by atomic mass is 9.78. The second kappa shape index (κ2) is 8.61. The van der Waals surface area contributed by atoms with Crippen molar-refractivity contribution in [1.82, 2.24) is 0 Å². The van der Waals surface area contributed by atoms with Gasteiger partial charge in [0, 0.05) is 12.2 Å². The van der Waals surface area contributed by atoms with E-state index in [4.69, 9.17) is 4.74 Å². The molecule has 0 atom stereocenters. The highest BCUT2D eigenvalue weighted by atomic mass is 32.2. The fourth-order valence-corrected chi connectivity index (χ4v) is 3.19. The van der Waals surface area contributed by atoms with Gasteiger partial charge in [0.2, 0.25) is 0 Å². The van der Waals surface area contributed by atoms with Crippen molar-refractivity contribution in [3.8, 4) is 5.75 Å². The first-order chi connectivity index (χ1) is 12.1. The number of aromatic hydroxyl groups is 1. The van der Waals surface area contributed by atoms with Crippen LogP contribution in [0.2, 0.25) is 0 Å². The predicted octanol–water partition coefficient (Wildman–Crippen LogP) is 3.40. The van der Waals surface area contributed by atoms with Gasteiger partial charge in [0.05, 0.1) is 16.7 Å². The normalized spacial score (nSPS) is 12.9. The van der Waals surface area contributed by atoms with Crippen LogP contribution in [0.25, 0.3) is 0 Å². The fraction of sp³-hybridized carbons (Fsp3) is 0.650. The van der Waals surface area contributed by atoms with Crippen LogP contribution in [0.15, 0.2) is 12.1 Å². The molecule has 0 aromatic heterocycles. The summed E-state index contributed by atoms with van der Waals surface area (Å²) in [5.41, 5.74) is 2.11. The number of hydrogen-bond donors (Lipinski definition) is 1. The monoisotopic (exact) mass is 399 g/mol. The number of benzene rings is 1. The average molecular weight is 400 g/mol. The number of hydrogen-bond acceptors (Lipinski definition) is 6. The molecule has 0 radical (unpaired) electrons. The minimum absolute atomic E-state index is 0.000866. The summed E-state index contributed by atoms with van der Waals surface area (Å²) in [7, 11) is -4.28. The highest BCUT2D eigenvalue weighted by molar-refractivity contribution is 7.85. The van der Waals surface area contributed by atoms with E-state index in [1.165, 1.54) is 0 Å². The zero-order valence-electron chi connectivity index (χ0n) is 17.1. The molecule has 0 aliphatic rings. The van der Waals surface area contributed by atoms with Gasteiger partial charge in [0.15, 0.2) is 0 Å². The summed E-state index contributed by atoms with van der Waals surface area (Å²) < 4.78 is 36.6. The summed E-state index contributed by atoms with van der Waals surface area (Å²) in [6, 6.07) is 3.84. The minimum Gasteiger partial charge on any atom is -0.748 e. The van der Waals surface area contributed by atoms with Crippen LogP contribution in [-0.2, 0) is 36.9 Å². The molecule has 0 saturated carbocycles. The second-order valence-electron chi connectivity index (χ2n) is 8.88. The quantitative estimate of drug-likeness (QED) is 0.428. The average Bonchev–Trinajstić information content (AvgIpc) is 2.47. The molecule has 154 valence electrons. The molecule has 0 unspecified atom stereocenters. The standard InChI is InChI=1S/C20H32O6S/c1-19(2,3)15-12-14(13-16(18(15)22)20(4,5)6)8-9-17(21)26-10-7-11-27(23,24)25/h12-13,22H,7-11H2,1-6H3,(H,23,24,25)/p-1. The maximum Gasteiger partial charge on any atom is 0.306 e. The van der Waals surface area contributed by atoms with Crippen LogP contribution in [0.5, 0.6) is 5.75 Å². The van der Waals surface area contributed by atoms with Gasteiger partial charge in [-0.15, -0.1) is 0 Å². The van der Waals surface area contributed by atoms with E-state index in [1.807, 2.05) is 53.7 Å². The van der Waals surface area contributed by atoms with Crippen molar-refractivity contribution in [3.63, 3.8) is 0 Å². The van der Waals surface area contributed by atoms with E-state index in [9.17, 15) is 22.9 Å². The number of aryl methyl sites for hydroxylation is 1. The van der Waals surface area contributed by atoms with E-state index >= 15 is 0 Å². The molecule has 0 fully saturated rings. The van der Waals surface area contributed by atoms with E-state index in [-0.39, 0.29) is 30.3 Å². The van der Waals surface area contributed by atoms with Crippen molar-refractivity contribution in [2.24, 2.45) is 0 Å². The Kier molecular flexibility index (Phi) is 7.47. The highest BCUT2D eigenvalue weighted by Crippen LogP contribution is 2.39. The van der Waals surface area contributed by atoms with Gasteiger partial charge in [-0.25, -0.2) is 8.42 Å². The molecule has 1 aromatic carbocycles. The fourth-order valence-electron chi connectivity index (χ4n) is 2.72. The molecule has 1 aromatic rings. The maximum atomic E-state index is 11.9. The number of carbonyl (C=O) groups excluding carboxylic acids is 1. The zero-order chi connectivity index (χ0) is 21.0. The highest BCUT2D eigenvalue weighted by Gasteiger charge is 2.26. The third kappa shape index (κ3) is 7.89. The summed E-state index contributed by atoms with van der Waals surface area (Å²) in [6.45, 7) is 12.1. The van der Waals surface area contributed by atoms with Gasteiger partial charge >= 0.3 is 5.97 Å². The van der Waals surface area contributed by atoms with Gasteiger partial charge in [0.1, 0.15) is 5.75 Å². The number of rotatable bonds is 7. The van der Waals surface area contributed by atoms with Crippen molar-refractivity contribution >= 4 is 16.1 Å². The van der Waals surface area contributed by atoms with Crippen LogP contribution in [-0.4, -0.2) is 36.4 Å². The Hall–Kier alpha value is -1.60. The number of carbonyl (C=O) groups is 1. The molecular weight excluding hydrogens is 368 g/mol. The molecule has 0 amide bonds. The first-order valence-electron chi connectivity index (χ1n) is 9.07. The molecule has 0 bridgehead atoms. The lowest BCUT2D eigenvalue weighted by Gasteiger charge is -2.28. The van der Waals surface area contributed by atoms with Crippen molar-refractivity contribution < 1.29 is 27.6 Å². The summed E-state index contributed by atoms with van der Waals surface area (Å²) in [4.78, 5) is 11.9. The third-order valence-electron chi connectivity index (χ3n) is 4.21. The van der Waals surface area contributed by atoms with Crippen LogP contribution < -0.4 is 0 Å². The zero-order valence-corrected chi connectivity index (χ0v) is 17.9. The van der Waals surface area contributed by atoms with Gasteiger partial charge in [-0.2, -0.15) is 0 Å². The van der Waals surface area contributed by atoms with Crippen LogP contribution in [0.3, 0.4) is 0 Å². The van der Waals surface area contributed by atoms with Gasteiger partial charge in [-0.05, 0) is 40.4 Å². The van der Waals surface area contributed by atoms with Crippen molar-refractivity contribution in [2.75, 3.05) is 12.4 Å².